The van der Waals surface area contributed by atoms with E-state index in [1.165, 1.54) is 0 Å². The standard InChI is InChI=1S/C22H25N3O4/c1-3-29-18-11-9-16(10-12-18)23-21(27)22(28)24-17-8-7-15(2)19(14-17)25-13-5-4-6-20(25)26/h7-12,14H,3-6,13H2,1-2H3,(H,23,27)(H,24,28). The highest BCUT2D eigenvalue weighted by Gasteiger charge is 2.22. The zero-order valence-electron chi connectivity index (χ0n) is 16.7. The zero-order valence-corrected chi connectivity index (χ0v) is 16.7. The number of benzene rings is 2. The highest BCUT2D eigenvalue weighted by Crippen LogP contribution is 2.27. The van der Waals surface area contributed by atoms with Crippen LogP contribution in [0, 0.1) is 6.92 Å². The molecular weight excluding hydrogens is 370 g/mol. The summed E-state index contributed by atoms with van der Waals surface area (Å²) in [4.78, 5) is 38.5. The molecule has 7 heteroatoms. The van der Waals surface area contributed by atoms with E-state index >= 15 is 0 Å². The first-order valence-electron chi connectivity index (χ1n) is 9.74. The fraction of sp³-hybridized carbons (Fsp3) is 0.318. The van der Waals surface area contributed by atoms with E-state index in [1.807, 2.05) is 19.9 Å². The van der Waals surface area contributed by atoms with Gasteiger partial charge in [-0.2, -0.15) is 0 Å². The van der Waals surface area contributed by atoms with Crippen molar-refractivity contribution >= 4 is 34.8 Å². The molecule has 0 aliphatic carbocycles. The molecule has 152 valence electrons. The molecule has 0 saturated carbocycles. The van der Waals surface area contributed by atoms with Crippen LogP contribution in [0.1, 0.15) is 31.7 Å². The average Bonchev–Trinajstić information content (AvgIpc) is 2.71. The minimum absolute atomic E-state index is 0.0797. The number of nitrogens with one attached hydrogen (secondary N) is 2. The van der Waals surface area contributed by atoms with E-state index in [0.717, 1.165) is 24.1 Å². The van der Waals surface area contributed by atoms with Crippen LogP contribution in [-0.2, 0) is 14.4 Å². The minimum Gasteiger partial charge on any atom is -0.494 e. The lowest BCUT2D eigenvalue weighted by atomic mass is 10.1. The Bertz CT molecular complexity index is 909. The molecule has 3 rings (SSSR count). The smallest absolute Gasteiger partial charge is 0.314 e. The van der Waals surface area contributed by atoms with Gasteiger partial charge in [-0.15, -0.1) is 0 Å². The van der Waals surface area contributed by atoms with Gasteiger partial charge in [-0.05, 0) is 68.7 Å². The Morgan fingerprint density at radius 3 is 2.31 bits per heavy atom. The van der Waals surface area contributed by atoms with Crippen molar-refractivity contribution in [2.24, 2.45) is 0 Å². The van der Waals surface area contributed by atoms with Crippen molar-refractivity contribution in [1.82, 2.24) is 0 Å². The largest absolute Gasteiger partial charge is 0.494 e. The van der Waals surface area contributed by atoms with Crippen molar-refractivity contribution in [3.05, 3.63) is 48.0 Å². The first kappa shape index (κ1) is 20.4. The van der Waals surface area contributed by atoms with Gasteiger partial charge in [0.15, 0.2) is 0 Å². The van der Waals surface area contributed by atoms with E-state index in [9.17, 15) is 14.4 Å². The molecule has 0 spiro atoms. The number of carbonyl (C=O) groups excluding carboxylic acids is 3. The maximum atomic E-state index is 12.3. The van der Waals surface area contributed by atoms with Gasteiger partial charge >= 0.3 is 11.8 Å². The van der Waals surface area contributed by atoms with Gasteiger partial charge in [-0.25, -0.2) is 0 Å². The molecule has 0 radical (unpaired) electrons. The van der Waals surface area contributed by atoms with Crippen LogP contribution in [0.25, 0.3) is 0 Å². The molecule has 2 aromatic rings. The second kappa shape index (κ2) is 9.23. The molecule has 1 aliphatic rings. The quantitative estimate of drug-likeness (QED) is 0.759. The Balaban J connectivity index is 1.66. The van der Waals surface area contributed by atoms with Gasteiger partial charge in [-0.3, -0.25) is 14.4 Å². The first-order valence-corrected chi connectivity index (χ1v) is 9.74. The van der Waals surface area contributed by atoms with Crippen molar-refractivity contribution in [3.8, 4) is 5.75 Å². The Hall–Kier alpha value is -3.35. The highest BCUT2D eigenvalue weighted by molar-refractivity contribution is 6.43. The van der Waals surface area contributed by atoms with Gasteiger partial charge in [-0.1, -0.05) is 6.07 Å². The lowest BCUT2D eigenvalue weighted by Crippen LogP contribution is -2.35. The van der Waals surface area contributed by atoms with Crippen LogP contribution in [0.15, 0.2) is 42.5 Å². The number of nitrogens with zero attached hydrogens (tertiary/aromatic N) is 1. The molecule has 0 unspecified atom stereocenters. The van der Waals surface area contributed by atoms with Gasteiger partial charge in [0.25, 0.3) is 0 Å². The normalized spacial score (nSPS) is 13.7. The van der Waals surface area contributed by atoms with Gasteiger partial charge < -0.3 is 20.3 Å². The van der Waals surface area contributed by atoms with Gasteiger partial charge in [0.1, 0.15) is 5.75 Å². The summed E-state index contributed by atoms with van der Waals surface area (Å²) >= 11 is 0. The molecule has 0 bridgehead atoms. The maximum absolute atomic E-state index is 12.3. The number of carbonyl (C=O) groups is 3. The molecule has 0 aromatic heterocycles. The number of aryl methyl sites for hydroxylation is 1. The summed E-state index contributed by atoms with van der Waals surface area (Å²) in [5, 5.41) is 5.16. The molecule has 3 amide bonds. The second-order valence-corrected chi connectivity index (χ2v) is 6.87. The lowest BCUT2D eigenvalue weighted by molar-refractivity contribution is -0.132. The SMILES string of the molecule is CCOc1ccc(NC(=O)C(=O)Nc2ccc(C)c(N3CCCCC3=O)c2)cc1. The summed E-state index contributed by atoms with van der Waals surface area (Å²) in [6, 6.07) is 12.1. The van der Waals surface area contributed by atoms with Gasteiger partial charge in [0.2, 0.25) is 5.91 Å². The molecule has 1 heterocycles. The van der Waals surface area contributed by atoms with Crippen molar-refractivity contribution in [2.75, 3.05) is 28.7 Å². The van der Waals surface area contributed by atoms with Crippen molar-refractivity contribution in [2.45, 2.75) is 33.1 Å². The van der Waals surface area contributed by atoms with Crippen molar-refractivity contribution < 1.29 is 19.1 Å². The number of ether oxygens (including phenoxy) is 1. The Kier molecular flexibility index (Phi) is 6.49. The molecule has 1 aliphatic heterocycles. The third-order valence-corrected chi connectivity index (χ3v) is 4.71. The molecule has 2 aromatic carbocycles. The molecule has 1 saturated heterocycles. The highest BCUT2D eigenvalue weighted by atomic mass is 16.5. The molecule has 1 fully saturated rings. The topological polar surface area (TPSA) is 87.7 Å². The third kappa shape index (κ3) is 5.13. The number of hydrogen-bond donors (Lipinski definition) is 2. The molecule has 29 heavy (non-hydrogen) atoms. The second-order valence-electron chi connectivity index (χ2n) is 6.87. The Labute approximate surface area is 170 Å². The third-order valence-electron chi connectivity index (χ3n) is 4.71. The average molecular weight is 395 g/mol. The van der Waals surface area contributed by atoms with Gasteiger partial charge in [0, 0.05) is 30.0 Å². The maximum Gasteiger partial charge on any atom is 0.314 e. The van der Waals surface area contributed by atoms with Crippen LogP contribution in [0.4, 0.5) is 17.1 Å². The summed E-state index contributed by atoms with van der Waals surface area (Å²) < 4.78 is 5.35. The predicted molar refractivity (Wildman–Crippen MR) is 112 cm³/mol. The van der Waals surface area contributed by atoms with Crippen LogP contribution >= 0.6 is 0 Å². The Morgan fingerprint density at radius 2 is 1.66 bits per heavy atom. The number of amides is 3. The summed E-state index contributed by atoms with van der Waals surface area (Å²) in [6.45, 7) is 5.02. The number of hydrogen-bond acceptors (Lipinski definition) is 4. The lowest BCUT2D eigenvalue weighted by Gasteiger charge is -2.28. The zero-order chi connectivity index (χ0) is 20.8. The predicted octanol–water partition coefficient (Wildman–Crippen LogP) is 3.49. The van der Waals surface area contributed by atoms with E-state index in [0.29, 0.717) is 36.7 Å². The minimum atomic E-state index is -0.779. The summed E-state index contributed by atoms with van der Waals surface area (Å²) in [7, 11) is 0. The summed E-state index contributed by atoms with van der Waals surface area (Å²) in [6.07, 6.45) is 2.38. The van der Waals surface area contributed by atoms with Crippen molar-refractivity contribution in [1.29, 1.82) is 0 Å². The summed E-state index contributed by atoms with van der Waals surface area (Å²) in [5.41, 5.74) is 2.67. The Morgan fingerprint density at radius 1 is 1.00 bits per heavy atom. The van der Waals surface area contributed by atoms with E-state index in [4.69, 9.17) is 4.74 Å². The van der Waals surface area contributed by atoms with E-state index in [1.54, 1.807) is 41.3 Å². The van der Waals surface area contributed by atoms with Crippen LogP contribution in [0.2, 0.25) is 0 Å². The fourth-order valence-electron chi connectivity index (χ4n) is 3.22. The van der Waals surface area contributed by atoms with E-state index < -0.39 is 11.8 Å². The van der Waals surface area contributed by atoms with Crippen LogP contribution in [-0.4, -0.2) is 30.9 Å². The molecule has 2 N–H and O–H groups in total. The van der Waals surface area contributed by atoms with E-state index in [-0.39, 0.29) is 5.91 Å². The molecule has 7 nitrogen and oxygen atoms in total. The summed E-state index contributed by atoms with van der Waals surface area (Å²) in [5.74, 6) is -0.783. The fourth-order valence-corrected chi connectivity index (χ4v) is 3.22. The van der Waals surface area contributed by atoms with Crippen LogP contribution < -0.4 is 20.3 Å². The van der Waals surface area contributed by atoms with E-state index in [2.05, 4.69) is 10.6 Å². The molecular formula is C22H25N3O4. The van der Waals surface area contributed by atoms with Crippen LogP contribution in [0.5, 0.6) is 5.75 Å². The molecule has 0 atom stereocenters. The monoisotopic (exact) mass is 395 g/mol. The van der Waals surface area contributed by atoms with Gasteiger partial charge in [0.05, 0.1) is 6.61 Å². The first-order chi connectivity index (χ1) is 14.0. The van der Waals surface area contributed by atoms with Crippen molar-refractivity contribution in [3.63, 3.8) is 0 Å². The number of piperidine rings is 1. The number of anilines is 3. The number of rotatable bonds is 5. The van der Waals surface area contributed by atoms with Crippen LogP contribution in [0.3, 0.4) is 0 Å².